The molecule has 0 aliphatic heterocycles. The van der Waals surface area contributed by atoms with Gasteiger partial charge in [0.05, 0.1) is 19.8 Å². The number of carbonyl (C=O) groups is 3. The van der Waals surface area contributed by atoms with Gasteiger partial charge in [0.2, 0.25) is 5.78 Å². The highest BCUT2D eigenvalue weighted by Crippen LogP contribution is 2.20. The van der Waals surface area contributed by atoms with E-state index in [1.54, 1.807) is 12.1 Å². The van der Waals surface area contributed by atoms with E-state index in [1.165, 1.54) is 14.2 Å². The molecule has 0 spiro atoms. The average Bonchev–Trinajstić information content (AvgIpc) is 2.52. The van der Waals surface area contributed by atoms with Crippen LogP contribution in [0, 0.1) is 0 Å². The van der Waals surface area contributed by atoms with Crippen LogP contribution >= 0.6 is 15.9 Å². The molecule has 1 aromatic rings. The molecule has 0 atom stereocenters. The number of aryl methyl sites for hydroxylation is 1. The lowest BCUT2D eigenvalue weighted by molar-refractivity contribution is -0.151. The molecule has 5 nitrogen and oxygen atoms in total. The average molecular weight is 371 g/mol. The molecule has 1 rings (SSSR count). The number of rotatable bonds is 8. The van der Waals surface area contributed by atoms with Crippen molar-refractivity contribution in [2.24, 2.45) is 0 Å². The highest BCUT2D eigenvalue weighted by molar-refractivity contribution is 9.10. The molecule has 0 unspecified atom stereocenters. The summed E-state index contributed by atoms with van der Waals surface area (Å²) in [5.74, 6) is -1.65. The van der Waals surface area contributed by atoms with Crippen LogP contribution in [0.4, 0.5) is 0 Å². The summed E-state index contributed by atoms with van der Waals surface area (Å²) in [5.41, 5.74) is 1.46. The molecule has 0 N–H and O–H groups in total. The number of methoxy groups -OCH3 is 2. The van der Waals surface area contributed by atoms with Gasteiger partial charge in [-0.2, -0.15) is 0 Å². The van der Waals surface area contributed by atoms with Gasteiger partial charge in [0, 0.05) is 10.9 Å². The topological polar surface area (TPSA) is 69.7 Å². The van der Waals surface area contributed by atoms with Gasteiger partial charge < -0.3 is 9.47 Å². The highest BCUT2D eigenvalue weighted by Gasteiger charge is 2.14. The van der Waals surface area contributed by atoms with Crippen LogP contribution in [0.5, 0.6) is 0 Å². The van der Waals surface area contributed by atoms with E-state index in [0.717, 1.165) is 22.9 Å². The number of ketones is 1. The van der Waals surface area contributed by atoms with Crippen molar-refractivity contribution in [2.45, 2.75) is 32.1 Å². The number of ether oxygens (including phenoxy) is 2. The first-order chi connectivity index (χ1) is 10.5. The minimum absolute atomic E-state index is 0.190. The molecular weight excluding hydrogens is 352 g/mol. The monoisotopic (exact) mass is 370 g/mol. The van der Waals surface area contributed by atoms with Crippen LogP contribution in [0.2, 0.25) is 0 Å². The van der Waals surface area contributed by atoms with E-state index in [0.29, 0.717) is 18.4 Å². The third-order valence-electron chi connectivity index (χ3n) is 3.24. The van der Waals surface area contributed by atoms with Gasteiger partial charge >= 0.3 is 11.9 Å². The number of esters is 2. The van der Waals surface area contributed by atoms with Gasteiger partial charge in [-0.1, -0.05) is 22.4 Å². The summed E-state index contributed by atoms with van der Waals surface area (Å²) in [7, 11) is 2.55. The number of benzene rings is 1. The van der Waals surface area contributed by atoms with E-state index in [4.69, 9.17) is 4.74 Å². The summed E-state index contributed by atoms with van der Waals surface area (Å²) in [6.07, 6.45) is 3.12. The van der Waals surface area contributed by atoms with Gasteiger partial charge in [0.25, 0.3) is 0 Å². The van der Waals surface area contributed by atoms with Crippen molar-refractivity contribution < 1.29 is 23.9 Å². The first-order valence-corrected chi connectivity index (χ1v) is 7.76. The Labute approximate surface area is 138 Å². The first kappa shape index (κ1) is 18.4. The Morgan fingerprint density at radius 3 is 2.41 bits per heavy atom. The standard InChI is InChI=1S/C16H19BrO5/c1-21-15(19)13-9-8-12(17)10-11(13)6-4-3-5-7-14(18)16(20)22-2/h8-10H,3-7H2,1-2H3. The predicted molar refractivity (Wildman–Crippen MR) is 84.7 cm³/mol. The molecule has 0 amide bonds. The van der Waals surface area contributed by atoms with Crippen molar-refractivity contribution in [2.75, 3.05) is 14.2 Å². The van der Waals surface area contributed by atoms with Crippen LogP contribution in [0.3, 0.4) is 0 Å². The van der Waals surface area contributed by atoms with E-state index in [-0.39, 0.29) is 12.4 Å². The van der Waals surface area contributed by atoms with Gasteiger partial charge in [-0.25, -0.2) is 9.59 Å². The second kappa shape index (κ2) is 9.35. The SMILES string of the molecule is COC(=O)C(=O)CCCCCc1cc(Br)ccc1C(=O)OC. The molecule has 0 fully saturated rings. The van der Waals surface area contributed by atoms with Gasteiger partial charge in [-0.05, 0) is 43.0 Å². The van der Waals surface area contributed by atoms with Gasteiger partial charge in [-0.3, -0.25) is 4.79 Å². The number of carbonyl (C=O) groups excluding carboxylic acids is 3. The first-order valence-electron chi connectivity index (χ1n) is 6.97. The van der Waals surface area contributed by atoms with Crippen LogP contribution in [-0.2, 0) is 25.5 Å². The summed E-state index contributed by atoms with van der Waals surface area (Å²) in [6, 6.07) is 5.42. The molecule has 120 valence electrons. The Hall–Kier alpha value is -1.69. The zero-order valence-electron chi connectivity index (χ0n) is 12.7. The van der Waals surface area contributed by atoms with Gasteiger partial charge in [0.1, 0.15) is 0 Å². The largest absolute Gasteiger partial charge is 0.465 e. The normalized spacial score (nSPS) is 10.1. The second-order valence-electron chi connectivity index (χ2n) is 4.77. The number of hydrogen-bond acceptors (Lipinski definition) is 5. The van der Waals surface area contributed by atoms with E-state index in [9.17, 15) is 14.4 Å². The van der Waals surface area contributed by atoms with Crippen LogP contribution in [0.1, 0.15) is 41.6 Å². The maximum Gasteiger partial charge on any atom is 0.374 e. The fourth-order valence-electron chi connectivity index (χ4n) is 2.07. The zero-order valence-corrected chi connectivity index (χ0v) is 14.3. The van der Waals surface area contributed by atoms with E-state index < -0.39 is 11.8 Å². The molecule has 0 saturated carbocycles. The quantitative estimate of drug-likeness (QED) is 0.399. The van der Waals surface area contributed by atoms with Crippen molar-refractivity contribution in [1.29, 1.82) is 0 Å². The van der Waals surface area contributed by atoms with Crippen molar-refractivity contribution in [3.8, 4) is 0 Å². The van der Waals surface area contributed by atoms with Crippen LogP contribution < -0.4 is 0 Å². The van der Waals surface area contributed by atoms with Gasteiger partial charge in [0.15, 0.2) is 0 Å². The number of halogens is 1. The minimum Gasteiger partial charge on any atom is -0.465 e. The molecule has 0 aliphatic carbocycles. The molecule has 22 heavy (non-hydrogen) atoms. The molecule has 0 aromatic heterocycles. The molecule has 0 bridgehead atoms. The molecule has 0 aliphatic rings. The van der Waals surface area contributed by atoms with Crippen LogP contribution in [-0.4, -0.2) is 31.9 Å². The molecule has 0 heterocycles. The lowest BCUT2D eigenvalue weighted by Crippen LogP contribution is -2.14. The van der Waals surface area contributed by atoms with Crippen molar-refractivity contribution in [1.82, 2.24) is 0 Å². The van der Waals surface area contributed by atoms with Crippen molar-refractivity contribution in [3.05, 3.63) is 33.8 Å². The third-order valence-corrected chi connectivity index (χ3v) is 3.73. The Balaban J connectivity index is 2.48. The predicted octanol–water partition coefficient (Wildman–Crippen LogP) is 3.08. The summed E-state index contributed by atoms with van der Waals surface area (Å²) >= 11 is 3.38. The lowest BCUT2D eigenvalue weighted by atomic mass is 10.0. The molecular formula is C16H19BrO5. The number of Topliss-reactive ketones (excluding diaryl/α,β-unsaturated/α-hetero) is 1. The fourth-order valence-corrected chi connectivity index (χ4v) is 2.48. The van der Waals surface area contributed by atoms with E-state index >= 15 is 0 Å². The van der Waals surface area contributed by atoms with Crippen LogP contribution in [0.15, 0.2) is 22.7 Å². The number of hydrogen-bond donors (Lipinski definition) is 0. The summed E-state index contributed by atoms with van der Waals surface area (Å²) in [4.78, 5) is 33.9. The van der Waals surface area contributed by atoms with E-state index in [1.807, 2.05) is 6.07 Å². The van der Waals surface area contributed by atoms with Crippen molar-refractivity contribution in [3.63, 3.8) is 0 Å². The Kier molecular flexibility index (Phi) is 7.80. The highest BCUT2D eigenvalue weighted by atomic mass is 79.9. The van der Waals surface area contributed by atoms with Crippen molar-refractivity contribution >= 4 is 33.7 Å². The van der Waals surface area contributed by atoms with E-state index in [2.05, 4.69) is 20.7 Å². The second-order valence-corrected chi connectivity index (χ2v) is 5.68. The maximum atomic E-state index is 11.7. The maximum absolute atomic E-state index is 11.7. The molecule has 1 aromatic carbocycles. The lowest BCUT2D eigenvalue weighted by Gasteiger charge is -2.08. The molecule has 0 radical (unpaired) electrons. The smallest absolute Gasteiger partial charge is 0.374 e. The number of unbranched alkanes of at least 4 members (excludes halogenated alkanes) is 2. The minimum atomic E-state index is -0.792. The summed E-state index contributed by atoms with van der Waals surface area (Å²) in [5, 5.41) is 0. The fraction of sp³-hybridized carbons (Fsp3) is 0.438. The van der Waals surface area contributed by atoms with Crippen LogP contribution in [0.25, 0.3) is 0 Å². The van der Waals surface area contributed by atoms with Gasteiger partial charge in [-0.15, -0.1) is 0 Å². The molecule has 6 heteroatoms. The third kappa shape index (κ3) is 5.60. The Morgan fingerprint density at radius 1 is 1.05 bits per heavy atom. The zero-order chi connectivity index (χ0) is 16.5. The molecule has 0 saturated heterocycles. The Morgan fingerprint density at radius 2 is 1.77 bits per heavy atom. The Bertz CT molecular complexity index is 553. The summed E-state index contributed by atoms with van der Waals surface area (Å²) in [6.45, 7) is 0. The summed E-state index contributed by atoms with van der Waals surface area (Å²) < 4.78 is 10.0.